The second-order valence-electron chi connectivity index (χ2n) is 6.47. The van der Waals surface area contributed by atoms with Crippen molar-refractivity contribution in [3.05, 3.63) is 70.4 Å². The first kappa shape index (κ1) is 17.7. The van der Waals surface area contributed by atoms with Crippen LogP contribution in [0.15, 0.2) is 48.2 Å². The van der Waals surface area contributed by atoms with E-state index in [4.69, 9.17) is 11.6 Å². The summed E-state index contributed by atoms with van der Waals surface area (Å²) in [6, 6.07) is 9.16. The van der Waals surface area contributed by atoms with Gasteiger partial charge in [0.1, 0.15) is 17.3 Å². The fourth-order valence-corrected chi connectivity index (χ4v) is 3.66. The molecular weight excluding hydrogens is 374 g/mol. The normalized spacial score (nSPS) is 17.4. The first-order valence-corrected chi connectivity index (χ1v) is 8.94. The second-order valence-corrected chi connectivity index (χ2v) is 6.88. The van der Waals surface area contributed by atoms with Gasteiger partial charge in [-0.3, -0.25) is 9.59 Å². The second kappa shape index (κ2) is 6.78. The Labute approximate surface area is 159 Å². The van der Waals surface area contributed by atoms with E-state index in [9.17, 15) is 18.4 Å². The molecule has 0 atom stereocenters. The Morgan fingerprint density at radius 3 is 2.19 bits per heavy atom. The Morgan fingerprint density at radius 2 is 1.56 bits per heavy atom. The molecule has 2 aromatic rings. The van der Waals surface area contributed by atoms with E-state index in [0.717, 1.165) is 23.8 Å². The summed E-state index contributed by atoms with van der Waals surface area (Å²) in [4.78, 5) is 29.2. The molecule has 0 unspecified atom stereocenters. The van der Waals surface area contributed by atoms with Crippen molar-refractivity contribution in [2.75, 3.05) is 18.0 Å². The number of anilines is 1. The van der Waals surface area contributed by atoms with Gasteiger partial charge in [-0.1, -0.05) is 23.7 Å². The average Bonchev–Trinajstić information content (AvgIpc) is 3.25. The molecule has 0 aliphatic carbocycles. The van der Waals surface area contributed by atoms with Crippen LogP contribution in [0.1, 0.15) is 18.4 Å². The van der Waals surface area contributed by atoms with Gasteiger partial charge >= 0.3 is 0 Å². The van der Waals surface area contributed by atoms with Crippen LogP contribution in [-0.4, -0.2) is 29.8 Å². The van der Waals surface area contributed by atoms with E-state index in [2.05, 4.69) is 0 Å². The van der Waals surface area contributed by atoms with Crippen LogP contribution in [-0.2, 0) is 9.59 Å². The molecule has 4 nitrogen and oxygen atoms in total. The van der Waals surface area contributed by atoms with Crippen LogP contribution < -0.4 is 4.90 Å². The molecule has 27 heavy (non-hydrogen) atoms. The minimum atomic E-state index is -0.633. The molecule has 0 aromatic heterocycles. The highest BCUT2D eigenvalue weighted by molar-refractivity contribution is 6.45. The molecule has 2 heterocycles. The van der Waals surface area contributed by atoms with Crippen molar-refractivity contribution in [1.29, 1.82) is 0 Å². The van der Waals surface area contributed by atoms with Gasteiger partial charge in [0.15, 0.2) is 0 Å². The molecule has 1 saturated heterocycles. The largest absolute Gasteiger partial charge is 0.366 e. The lowest BCUT2D eigenvalue weighted by molar-refractivity contribution is -0.120. The maximum atomic E-state index is 13.5. The molecule has 0 N–H and O–H groups in total. The van der Waals surface area contributed by atoms with Gasteiger partial charge in [0.25, 0.3) is 11.8 Å². The van der Waals surface area contributed by atoms with Crippen LogP contribution in [0.4, 0.5) is 14.5 Å². The van der Waals surface area contributed by atoms with Crippen molar-refractivity contribution in [3.63, 3.8) is 0 Å². The summed E-state index contributed by atoms with van der Waals surface area (Å²) in [5.74, 6) is -2.08. The number of imide groups is 1. The van der Waals surface area contributed by atoms with Gasteiger partial charge in [0, 0.05) is 13.1 Å². The van der Waals surface area contributed by atoms with Gasteiger partial charge in [-0.15, -0.1) is 0 Å². The number of likely N-dealkylation sites (tertiary alicyclic amines) is 1. The molecule has 2 aliphatic rings. The van der Waals surface area contributed by atoms with Gasteiger partial charge in [0.05, 0.1) is 16.3 Å². The van der Waals surface area contributed by atoms with E-state index in [-0.39, 0.29) is 16.3 Å². The van der Waals surface area contributed by atoms with Crippen molar-refractivity contribution in [1.82, 2.24) is 4.90 Å². The number of hydrogen-bond donors (Lipinski definition) is 0. The lowest BCUT2D eigenvalue weighted by atomic mass is 10.0. The van der Waals surface area contributed by atoms with Crippen molar-refractivity contribution in [2.24, 2.45) is 0 Å². The summed E-state index contributed by atoms with van der Waals surface area (Å²) in [5.41, 5.74) is 1.18. The maximum Gasteiger partial charge on any atom is 0.282 e. The van der Waals surface area contributed by atoms with Crippen molar-refractivity contribution in [2.45, 2.75) is 12.8 Å². The summed E-state index contributed by atoms with van der Waals surface area (Å²) in [6.45, 7) is 1.33. The predicted molar refractivity (Wildman–Crippen MR) is 98.0 cm³/mol. The molecule has 0 spiro atoms. The van der Waals surface area contributed by atoms with E-state index >= 15 is 0 Å². The third-order valence-electron chi connectivity index (χ3n) is 4.78. The third kappa shape index (κ3) is 3.00. The Bertz CT molecular complexity index is 966. The lowest BCUT2D eigenvalue weighted by Crippen LogP contribution is -2.34. The fraction of sp³-hybridized carbons (Fsp3) is 0.200. The van der Waals surface area contributed by atoms with Crippen LogP contribution in [0.3, 0.4) is 0 Å². The van der Waals surface area contributed by atoms with Crippen LogP contribution in [0.25, 0.3) is 5.57 Å². The van der Waals surface area contributed by atoms with E-state index < -0.39 is 23.4 Å². The number of nitrogens with zero attached hydrogens (tertiary/aromatic N) is 2. The number of carbonyl (C=O) groups is 2. The molecule has 0 bridgehead atoms. The smallest absolute Gasteiger partial charge is 0.282 e. The summed E-state index contributed by atoms with van der Waals surface area (Å²) in [7, 11) is 0. The number of carbonyl (C=O) groups excluding carboxylic acids is 2. The Hall–Kier alpha value is -2.73. The highest BCUT2D eigenvalue weighted by Gasteiger charge is 2.43. The zero-order valence-electron chi connectivity index (χ0n) is 14.2. The first-order valence-electron chi connectivity index (χ1n) is 8.56. The van der Waals surface area contributed by atoms with Gasteiger partial charge in [-0.2, -0.15) is 0 Å². The zero-order chi connectivity index (χ0) is 19.1. The third-order valence-corrected chi connectivity index (χ3v) is 5.07. The number of halogens is 3. The number of benzene rings is 2. The van der Waals surface area contributed by atoms with Crippen molar-refractivity contribution < 1.29 is 18.4 Å². The van der Waals surface area contributed by atoms with E-state index in [1.165, 1.54) is 36.4 Å². The van der Waals surface area contributed by atoms with Crippen LogP contribution in [0, 0.1) is 11.6 Å². The molecule has 2 aromatic carbocycles. The summed E-state index contributed by atoms with van der Waals surface area (Å²) < 4.78 is 26.8. The van der Waals surface area contributed by atoms with E-state index in [1.807, 2.05) is 4.90 Å². The molecule has 1 fully saturated rings. The number of amides is 2. The quantitative estimate of drug-likeness (QED) is 0.746. The Morgan fingerprint density at radius 1 is 0.889 bits per heavy atom. The Balaban J connectivity index is 1.83. The maximum absolute atomic E-state index is 13.5. The van der Waals surface area contributed by atoms with Crippen molar-refractivity contribution >= 4 is 34.7 Å². The molecule has 2 amide bonds. The average molecular weight is 389 g/mol. The molecule has 0 radical (unpaired) electrons. The van der Waals surface area contributed by atoms with E-state index in [0.29, 0.717) is 24.4 Å². The highest BCUT2D eigenvalue weighted by Crippen LogP contribution is 2.37. The minimum absolute atomic E-state index is 0.175. The molecule has 138 valence electrons. The number of rotatable bonds is 3. The monoisotopic (exact) mass is 388 g/mol. The van der Waals surface area contributed by atoms with Crippen LogP contribution in [0.2, 0.25) is 5.02 Å². The highest BCUT2D eigenvalue weighted by atomic mass is 35.5. The molecule has 2 aliphatic heterocycles. The molecule has 4 rings (SSSR count). The van der Waals surface area contributed by atoms with Crippen LogP contribution in [0.5, 0.6) is 0 Å². The zero-order valence-corrected chi connectivity index (χ0v) is 15.0. The summed E-state index contributed by atoms with van der Waals surface area (Å²) in [6.07, 6.45) is 1.84. The van der Waals surface area contributed by atoms with E-state index in [1.54, 1.807) is 0 Å². The SMILES string of the molecule is O=C1C(c2ccc(F)cc2)=C(N2CCCC2)C(=O)N1c1ccc(F)c(Cl)c1. The van der Waals surface area contributed by atoms with Crippen LogP contribution >= 0.6 is 11.6 Å². The van der Waals surface area contributed by atoms with Gasteiger partial charge in [0.2, 0.25) is 0 Å². The topological polar surface area (TPSA) is 40.6 Å². The van der Waals surface area contributed by atoms with Gasteiger partial charge in [-0.05, 0) is 48.7 Å². The van der Waals surface area contributed by atoms with Gasteiger partial charge < -0.3 is 4.90 Å². The molecular formula is C20H15ClF2N2O2. The standard InChI is InChI=1S/C20H15ClF2N2O2/c21-15-11-14(7-8-16(15)23)25-19(26)17(12-3-5-13(22)6-4-12)18(20(25)27)24-9-1-2-10-24/h3-8,11H,1-2,9-10H2. The minimum Gasteiger partial charge on any atom is -0.366 e. The van der Waals surface area contributed by atoms with Crippen molar-refractivity contribution in [3.8, 4) is 0 Å². The van der Waals surface area contributed by atoms with Gasteiger partial charge in [-0.25, -0.2) is 13.7 Å². The first-order chi connectivity index (χ1) is 13.0. The molecule has 0 saturated carbocycles. The number of hydrogen-bond acceptors (Lipinski definition) is 3. The lowest BCUT2D eigenvalue weighted by Gasteiger charge is -2.20. The predicted octanol–water partition coefficient (Wildman–Crippen LogP) is 4.00. The fourth-order valence-electron chi connectivity index (χ4n) is 3.49. The molecule has 7 heteroatoms. The Kier molecular flexibility index (Phi) is 4.44. The summed E-state index contributed by atoms with van der Waals surface area (Å²) in [5, 5.41) is -0.175. The summed E-state index contributed by atoms with van der Waals surface area (Å²) >= 11 is 5.83.